The molecule has 1 unspecified atom stereocenters. The molecule has 1 N–H and O–H groups in total. The Bertz CT molecular complexity index is 448. The summed E-state index contributed by atoms with van der Waals surface area (Å²) in [6.07, 6.45) is 4.68. The summed E-state index contributed by atoms with van der Waals surface area (Å²) in [5.41, 5.74) is 0.834. The number of hydrogen-bond acceptors (Lipinski definition) is 3. The SMILES string of the molecule is CC(C)Oc1ccc(C(C(=O)O)N2CCCCCC2)cc1. The molecule has 1 fully saturated rings. The lowest BCUT2D eigenvalue weighted by atomic mass is 10.0. The van der Waals surface area contributed by atoms with E-state index in [1.165, 1.54) is 12.8 Å². The number of likely N-dealkylation sites (tertiary alicyclic amines) is 1. The number of carboxylic acid groups (broad SMARTS) is 1. The summed E-state index contributed by atoms with van der Waals surface area (Å²) >= 11 is 0. The first-order valence-electron chi connectivity index (χ1n) is 7.81. The highest BCUT2D eigenvalue weighted by molar-refractivity contribution is 5.75. The lowest BCUT2D eigenvalue weighted by molar-refractivity contribution is -0.143. The molecule has 0 aliphatic carbocycles. The number of benzene rings is 1. The van der Waals surface area contributed by atoms with Crippen molar-refractivity contribution in [2.24, 2.45) is 0 Å². The van der Waals surface area contributed by atoms with Crippen LogP contribution in [0.2, 0.25) is 0 Å². The zero-order valence-electron chi connectivity index (χ0n) is 12.9. The summed E-state index contributed by atoms with van der Waals surface area (Å²) in [5, 5.41) is 9.61. The summed E-state index contributed by atoms with van der Waals surface area (Å²) in [5.74, 6) is 0.0168. The van der Waals surface area contributed by atoms with E-state index >= 15 is 0 Å². The molecule has 1 aliphatic heterocycles. The quantitative estimate of drug-likeness (QED) is 0.902. The molecule has 0 saturated carbocycles. The predicted molar refractivity (Wildman–Crippen MR) is 82.6 cm³/mol. The molecule has 1 aliphatic rings. The van der Waals surface area contributed by atoms with Crippen molar-refractivity contribution in [3.63, 3.8) is 0 Å². The van der Waals surface area contributed by atoms with E-state index in [4.69, 9.17) is 4.74 Å². The lowest BCUT2D eigenvalue weighted by Gasteiger charge is -2.27. The Morgan fingerprint density at radius 3 is 2.14 bits per heavy atom. The van der Waals surface area contributed by atoms with Crippen molar-refractivity contribution < 1.29 is 14.6 Å². The van der Waals surface area contributed by atoms with Gasteiger partial charge in [0.15, 0.2) is 0 Å². The molecule has 1 heterocycles. The Labute approximate surface area is 126 Å². The second-order valence-electron chi connectivity index (χ2n) is 5.93. The van der Waals surface area contributed by atoms with E-state index in [0.29, 0.717) is 0 Å². The van der Waals surface area contributed by atoms with Crippen molar-refractivity contribution in [2.45, 2.75) is 51.7 Å². The molecule has 0 bridgehead atoms. The van der Waals surface area contributed by atoms with E-state index in [1.807, 2.05) is 38.1 Å². The fourth-order valence-electron chi connectivity index (χ4n) is 2.86. The van der Waals surface area contributed by atoms with E-state index in [2.05, 4.69) is 4.90 Å². The maximum Gasteiger partial charge on any atom is 0.325 e. The summed E-state index contributed by atoms with van der Waals surface area (Å²) < 4.78 is 5.61. The third-order valence-electron chi connectivity index (χ3n) is 3.81. The molecule has 0 amide bonds. The van der Waals surface area contributed by atoms with Crippen molar-refractivity contribution in [2.75, 3.05) is 13.1 Å². The maximum absolute atomic E-state index is 11.7. The number of ether oxygens (including phenoxy) is 1. The Balaban J connectivity index is 2.15. The molecule has 0 aromatic heterocycles. The molecule has 1 aromatic carbocycles. The molecule has 1 aromatic rings. The van der Waals surface area contributed by atoms with Crippen molar-refractivity contribution in [3.8, 4) is 5.75 Å². The average molecular weight is 291 g/mol. The molecule has 1 atom stereocenters. The third kappa shape index (κ3) is 4.46. The molecule has 0 spiro atoms. The normalized spacial score (nSPS) is 18.2. The van der Waals surface area contributed by atoms with Gasteiger partial charge < -0.3 is 9.84 Å². The molecule has 4 nitrogen and oxygen atoms in total. The zero-order chi connectivity index (χ0) is 15.2. The van der Waals surface area contributed by atoms with Gasteiger partial charge in [0, 0.05) is 0 Å². The van der Waals surface area contributed by atoms with E-state index in [1.54, 1.807) is 0 Å². The van der Waals surface area contributed by atoms with Crippen LogP contribution in [0.3, 0.4) is 0 Å². The molecule has 2 rings (SSSR count). The Kier molecular flexibility index (Phi) is 5.62. The minimum atomic E-state index is -0.769. The van der Waals surface area contributed by atoms with Crippen LogP contribution >= 0.6 is 0 Å². The highest BCUT2D eigenvalue weighted by Gasteiger charge is 2.27. The van der Waals surface area contributed by atoms with Crippen LogP contribution in [-0.4, -0.2) is 35.2 Å². The number of nitrogens with zero attached hydrogens (tertiary/aromatic N) is 1. The summed E-state index contributed by atoms with van der Waals surface area (Å²) in [4.78, 5) is 13.8. The van der Waals surface area contributed by atoms with Gasteiger partial charge in [-0.05, 0) is 57.5 Å². The molecular weight excluding hydrogens is 266 g/mol. The van der Waals surface area contributed by atoms with E-state index in [9.17, 15) is 9.90 Å². The van der Waals surface area contributed by atoms with Gasteiger partial charge in [-0.3, -0.25) is 9.69 Å². The Morgan fingerprint density at radius 2 is 1.67 bits per heavy atom. The van der Waals surface area contributed by atoms with Gasteiger partial charge in [0.1, 0.15) is 11.8 Å². The van der Waals surface area contributed by atoms with Crippen LogP contribution < -0.4 is 4.74 Å². The molecule has 4 heteroatoms. The van der Waals surface area contributed by atoms with Gasteiger partial charge in [-0.25, -0.2) is 0 Å². The molecule has 21 heavy (non-hydrogen) atoms. The van der Waals surface area contributed by atoms with Crippen molar-refractivity contribution in [3.05, 3.63) is 29.8 Å². The van der Waals surface area contributed by atoms with Crippen LogP contribution in [0.25, 0.3) is 0 Å². The van der Waals surface area contributed by atoms with Crippen LogP contribution in [0.1, 0.15) is 51.1 Å². The minimum Gasteiger partial charge on any atom is -0.491 e. The number of carboxylic acids is 1. The first-order valence-corrected chi connectivity index (χ1v) is 7.81. The molecule has 116 valence electrons. The molecular formula is C17H25NO3. The van der Waals surface area contributed by atoms with Crippen molar-refractivity contribution >= 4 is 5.97 Å². The monoisotopic (exact) mass is 291 g/mol. The van der Waals surface area contributed by atoms with Gasteiger partial charge in [-0.2, -0.15) is 0 Å². The highest BCUT2D eigenvalue weighted by Crippen LogP contribution is 2.26. The number of carbonyl (C=O) groups is 1. The summed E-state index contributed by atoms with van der Waals surface area (Å²) in [6.45, 7) is 5.68. The third-order valence-corrected chi connectivity index (χ3v) is 3.81. The number of aliphatic carboxylic acids is 1. The smallest absolute Gasteiger partial charge is 0.325 e. The Morgan fingerprint density at radius 1 is 1.10 bits per heavy atom. The van der Waals surface area contributed by atoms with E-state index < -0.39 is 12.0 Å². The van der Waals surface area contributed by atoms with Crippen LogP contribution in [0.15, 0.2) is 24.3 Å². The van der Waals surface area contributed by atoms with Gasteiger partial charge in [-0.1, -0.05) is 25.0 Å². The first-order chi connectivity index (χ1) is 10.1. The van der Waals surface area contributed by atoms with Gasteiger partial charge >= 0.3 is 5.97 Å². The standard InChI is InChI=1S/C17H25NO3/c1-13(2)21-15-9-7-14(8-10-15)16(17(19)20)18-11-5-3-4-6-12-18/h7-10,13,16H,3-6,11-12H2,1-2H3,(H,19,20). The predicted octanol–water partition coefficient (Wildman–Crippen LogP) is 3.48. The van der Waals surface area contributed by atoms with Gasteiger partial charge in [-0.15, -0.1) is 0 Å². The second kappa shape index (κ2) is 7.46. The number of hydrogen-bond donors (Lipinski definition) is 1. The van der Waals surface area contributed by atoms with Crippen LogP contribution in [0, 0.1) is 0 Å². The van der Waals surface area contributed by atoms with Crippen LogP contribution in [0.4, 0.5) is 0 Å². The fraction of sp³-hybridized carbons (Fsp3) is 0.588. The van der Waals surface area contributed by atoms with Crippen LogP contribution in [0.5, 0.6) is 5.75 Å². The van der Waals surface area contributed by atoms with Gasteiger partial charge in [0.2, 0.25) is 0 Å². The van der Waals surface area contributed by atoms with Crippen molar-refractivity contribution in [1.29, 1.82) is 0 Å². The fourth-order valence-corrected chi connectivity index (χ4v) is 2.86. The van der Waals surface area contributed by atoms with Gasteiger partial charge in [0.05, 0.1) is 6.10 Å². The van der Waals surface area contributed by atoms with E-state index in [-0.39, 0.29) is 6.10 Å². The average Bonchev–Trinajstić information content (AvgIpc) is 2.69. The molecule has 0 radical (unpaired) electrons. The lowest BCUT2D eigenvalue weighted by Crippen LogP contribution is -2.34. The topological polar surface area (TPSA) is 49.8 Å². The largest absolute Gasteiger partial charge is 0.491 e. The highest BCUT2D eigenvalue weighted by atomic mass is 16.5. The summed E-state index contributed by atoms with van der Waals surface area (Å²) in [7, 11) is 0. The second-order valence-corrected chi connectivity index (χ2v) is 5.93. The van der Waals surface area contributed by atoms with Gasteiger partial charge in [0.25, 0.3) is 0 Å². The zero-order valence-corrected chi connectivity index (χ0v) is 12.9. The minimum absolute atomic E-state index is 0.122. The maximum atomic E-state index is 11.7. The summed E-state index contributed by atoms with van der Waals surface area (Å²) in [6, 6.07) is 6.94. The van der Waals surface area contributed by atoms with Crippen LogP contribution in [-0.2, 0) is 4.79 Å². The van der Waals surface area contributed by atoms with E-state index in [0.717, 1.165) is 37.2 Å². The van der Waals surface area contributed by atoms with Crippen molar-refractivity contribution in [1.82, 2.24) is 4.90 Å². The Hall–Kier alpha value is -1.55. The first kappa shape index (κ1) is 15.8. The molecule has 1 saturated heterocycles. The number of rotatable bonds is 5.